The molecule has 2 N–H and O–H groups in total. The van der Waals surface area contributed by atoms with Gasteiger partial charge in [0.1, 0.15) is 22.6 Å². The molecular formula is C29H30BrN3O6. The second kappa shape index (κ2) is 11.8. The van der Waals surface area contributed by atoms with Crippen molar-refractivity contribution in [2.75, 3.05) is 10.6 Å². The molecule has 0 fully saturated rings. The van der Waals surface area contributed by atoms with E-state index in [9.17, 15) is 19.2 Å². The molecule has 0 saturated heterocycles. The van der Waals surface area contributed by atoms with Gasteiger partial charge in [-0.1, -0.05) is 40.2 Å². The van der Waals surface area contributed by atoms with Gasteiger partial charge in [-0.2, -0.15) is 0 Å². The molecule has 0 atom stereocenters. The van der Waals surface area contributed by atoms with Gasteiger partial charge in [0.25, 0.3) is 11.8 Å². The number of amides is 2. The Kier molecular flexibility index (Phi) is 8.91. The zero-order chi connectivity index (χ0) is 29.0. The van der Waals surface area contributed by atoms with Gasteiger partial charge in [-0.15, -0.1) is 0 Å². The van der Waals surface area contributed by atoms with Gasteiger partial charge < -0.3 is 20.1 Å². The summed E-state index contributed by atoms with van der Waals surface area (Å²) in [6.07, 6.45) is 0. The molecule has 9 nitrogen and oxygen atoms in total. The minimum absolute atomic E-state index is 0.0751. The third-order valence-corrected chi connectivity index (χ3v) is 5.30. The van der Waals surface area contributed by atoms with Gasteiger partial charge in [0.05, 0.1) is 22.5 Å². The minimum Gasteiger partial charge on any atom is -0.456 e. The quantitative estimate of drug-likeness (QED) is 0.322. The number of benzene rings is 2. The number of hydrogen-bond acceptors (Lipinski definition) is 7. The van der Waals surface area contributed by atoms with E-state index in [1.165, 1.54) is 12.1 Å². The molecule has 2 amide bonds. The van der Waals surface area contributed by atoms with Crippen molar-refractivity contribution in [1.29, 1.82) is 0 Å². The first-order chi connectivity index (χ1) is 18.1. The Hall–Kier alpha value is -4.05. The third kappa shape index (κ3) is 8.47. The molecule has 0 radical (unpaired) electrons. The average molecular weight is 596 g/mol. The molecule has 0 spiro atoms. The lowest BCUT2D eigenvalue weighted by molar-refractivity contribution is 0.00580. The molecule has 1 aromatic heterocycles. The van der Waals surface area contributed by atoms with Crippen molar-refractivity contribution >= 4 is 51.1 Å². The molecule has 0 aliphatic carbocycles. The van der Waals surface area contributed by atoms with Gasteiger partial charge in [0.15, 0.2) is 0 Å². The van der Waals surface area contributed by atoms with Crippen molar-refractivity contribution in [2.45, 2.75) is 52.7 Å². The zero-order valence-electron chi connectivity index (χ0n) is 22.5. The number of carbonyl (C=O) groups is 4. The highest BCUT2D eigenvalue weighted by Gasteiger charge is 2.24. The Morgan fingerprint density at radius 1 is 0.667 bits per heavy atom. The summed E-state index contributed by atoms with van der Waals surface area (Å²) in [5.41, 5.74) is -0.774. The van der Waals surface area contributed by atoms with E-state index >= 15 is 0 Å². The highest BCUT2D eigenvalue weighted by atomic mass is 79.9. The van der Waals surface area contributed by atoms with Crippen LogP contribution >= 0.6 is 15.9 Å². The lowest BCUT2D eigenvalue weighted by Crippen LogP contribution is -2.25. The van der Waals surface area contributed by atoms with Crippen molar-refractivity contribution in [1.82, 2.24) is 4.98 Å². The van der Waals surface area contributed by atoms with Gasteiger partial charge >= 0.3 is 11.9 Å². The van der Waals surface area contributed by atoms with Crippen LogP contribution in [0.1, 0.15) is 83.2 Å². The standard InChI is InChI=1S/C29H30BrN3O6/c1-28(2,3)38-26(36)18-11-7-9-13-20(18)32-24(34)22-15-17(30)16-23(31-22)25(35)33-21-14-10-8-12-19(21)27(37)39-29(4,5)6/h7-16H,1-6H3,(H,32,34)(H,33,35). The Morgan fingerprint density at radius 2 is 1.03 bits per heavy atom. The number of pyridine rings is 1. The number of nitrogens with one attached hydrogen (secondary N) is 2. The zero-order valence-corrected chi connectivity index (χ0v) is 24.1. The molecule has 2 aromatic carbocycles. The van der Waals surface area contributed by atoms with Crippen LogP contribution in [0.15, 0.2) is 65.1 Å². The SMILES string of the molecule is CC(C)(C)OC(=O)c1ccccc1NC(=O)c1cc(Br)cc(C(=O)Nc2ccccc2C(=O)OC(C)(C)C)n1. The summed E-state index contributed by atoms with van der Waals surface area (Å²) in [6, 6.07) is 15.7. The first-order valence-electron chi connectivity index (χ1n) is 12.1. The Morgan fingerprint density at radius 3 is 1.38 bits per heavy atom. The van der Waals surface area contributed by atoms with E-state index < -0.39 is 35.0 Å². The third-order valence-electron chi connectivity index (χ3n) is 4.84. The van der Waals surface area contributed by atoms with Gasteiger partial charge in [0.2, 0.25) is 0 Å². The van der Waals surface area contributed by atoms with Crippen molar-refractivity contribution in [2.24, 2.45) is 0 Å². The van der Waals surface area contributed by atoms with Crippen LogP contribution in [0, 0.1) is 0 Å². The first kappa shape index (κ1) is 29.5. The topological polar surface area (TPSA) is 124 Å². The van der Waals surface area contributed by atoms with Crippen LogP contribution in [0.2, 0.25) is 0 Å². The van der Waals surface area contributed by atoms with Crippen molar-refractivity contribution in [3.63, 3.8) is 0 Å². The Labute approximate surface area is 235 Å². The van der Waals surface area contributed by atoms with E-state index in [0.717, 1.165) is 0 Å². The largest absolute Gasteiger partial charge is 0.456 e. The number of anilines is 2. The smallest absolute Gasteiger partial charge is 0.340 e. The van der Waals surface area contributed by atoms with Crippen molar-refractivity contribution in [3.05, 3.63) is 87.7 Å². The lowest BCUT2D eigenvalue weighted by atomic mass is 10.1. The maximum absolute atomic E-state index is 13.1. The molecule has 0 bridgehead atoms. The number of carbonyl (C=O) groups excluding carboxylic acids is 4. The highest BCUT2D eigenvalue weighted by Crippen LogP contribution is 2.23. The first-order valence-corrected chi connectivity index (χ1v) is 12.9. The second-order valence-corrected chi connectivity index (χ2v) is 11.5. The van der Waals surface area contributed by atoms with Crippen molar-refractivity contribution < 1.29 is 28.7 Å². The minimum atomic E-state index is -0.718. The van der Waals surface area contributed by atoms with Crippen LogP contribution in [-0.2, 0) is 9.47 Å². The molecule has 3 aromatic rings. The molecule has 3 rings (SSSR count). The molecule has 0 aliphatic heterocycles. The van der Waals surface area contributed by atoms with Crippen LogP contribution in [0.5, 0.6) is 0 Å². The van der Waals surface area contributed by atoms with E-state index in [2.05, 4.69) is 31.5 Å². The second-order valence-electron chi connectivity index (χ2n) is 10.6. The predicted octanol–water partition coefficient (Wildman–Crippen LogP) is 6.26. The van der Waals surface area contributed by atoms with E-state index in [-0.39, 0.29) is 33.9 Å². The van der Waals surface area contributed by atoms with Crippen LogP contribution in [0.3, 0.4) is 0 Å². The molecule has 0 unspecified atom stereocenters. The summed E-state index contributed by atoms with van der Waals surface area (Å²) < 4.78 is 11.3. The van der Waals surface area contributed by atoms with E-state index in [1.807, 2.05) is 0 Å². The molecule has 39 heavy (non-hydrogen) atoms. The summed E-state index contributed by atoms with van der Waals surface area (Å²) >= 11 is 3.31. The molecule has 1 heterocycles. The number of rotatable bonds is 6. The number of hydrogen-bond donors (Lipinski definition) is 2. The number of aromatic nitrogens is 1. The number of esters is 2. The van der Waals surface area contributed by atoms with Crippen LogP contribution in [-0.4, -0.2) is 39.9 Å². The fraction of sp³-hybridized carbons (Fsp3) is 0.276. The molecule has 0 aliphatic rings. The fourth-order valence-electron chi connectivity index (χ4n) is 3.31. The normalized spacial score (nSPS) is 11.4. The maximum atomic E-state index is 13.1. The Balaban J connectivity index is 1.84. The van der Waals surface area contributed by atoms with Crippen LogP contribution < -0.4 is 10.6 Å². The molecule has 204 valence electrons. The van der Waals surface area contributed by atoms with Crippen LogP contribution in [0.25, 0.3) is 0 Å². The summed E-state index contributed by atoms with van der Waals surface area (Å²) in [6.45, 7) is 10.5. The monoisotopic (exact) mass is 595 g/mol. The summed E-state index contributed by atoms with van der Waals surface area (Å²) in [5, 5.41) is 5.33. The number of ether oxygens (including phenoxy) is 2. The summed E-state index contributed by atoms with van der Waals surface area (Å²) in [7, 11) is 0. The van der Waals surface area contributed by atoms with Gasteiger partial charge in [-0.05, 0) is 77.9 Å². The Bertz CT molecular complexity index is 1320. The van der Waals surface area contributed by atoms with Gasteiger partial charge in [-0.3, -0.25) is 9.59 Å². The predicted molar refractivity (Wildman–Crippen MR) is 151 cm³/mol. The number of para-hydroxylation sites is 2. The average Bonchev–Trinajstić information content (AvgIpc) is 2.82. The summed E-state index contributed by atoms with van der Waals surface area (Å²) in [5.74, 6) is -2.47. The van der Waals surface area contributed by atoms with Crippen molar-refractivity contribution in [3.8, 4) is 0 Å². The number of halogens is 1. The van der Waals surface area contributed by atoms with E-state index in [0.29, 0.717) is 4.47 Å². The van der Waals surface area contributed by atoms with Gasteiger partial charge in [0, 0.05) is 4.47 Å². The molecular weight excluding hydrogens is 566 g/mol. The van der Waals surface area contributed by atoms with Crippen LogP contribution in [0.4, 0.5) is 11.4 Å². The molecule has 0 saturated carbocycles. The van der Waals surface area contributed by atoms with Gasteiger partial charge in [-0.25, -0.2) is 14.6 Å². The maximum Gasteiger partial charge on any atom is 0.340 e. The van der Waals surface area contributed by atoms with E-state index in [4.69, 9.17) is 9.47 Å². The fourth-order valence-corrected chi connectivity index (χ4v) is 3.74. The van der Waals surface area contributed by atoms with E-state index in [1.54, 1.807) is 90.1 Å². The summed E-state index contributed by atoms with van der Waals surface area (Å²) in [4.78, 5) is 55.7. The number of nitrogens with zero attached hydrogens (tertiary/aromatic N) is 1. The molecule has 10 heteroatoms. The highest BCUT2D eigenvalue weighted by molar-refractivity contribution is 9.10. The lowest BCUT2D eigenvalue weighted by Gasteiger charge is -2.20.